The quantitative estimate of drug-likeness (QED) is 0.456. The van der Waals surface area contributed by atoms with Crippen LogP contribution in [0.15, 0.2) is 12.7 Å². The second-order valence-corrected chi connectivity index (χ2v) is 5.04. The third kappa shape index (κ3) is 4.42. The van der Waals surface area contributed by atoms with Crippen LogP contribution < -0.4 is 0 Å². The van der Waals surface area contributed by atoms with Crippen LogP contribution in [-0.4, -0.2) is 49.3 Å². The Hall–Kier alpha value is -0.680. The van der Waals surface area contributed by atoms with Gasteiger partial charge in [0.05, 0.1) is 19.1 Å². The molecule has 0 amide bonds. The molecule has 6 atom stereocenters. The normalized spacial score (nSPS) is 33.5. The van der Waals surface area contributed by atoms with E-state index in [1.165, 1.54) is 6.08 Å². The van der Waals surface area contributed by atoms with E-state index in [2.05, 4.69) is 15.8 Å². The maximum Gasteiger partial charge on any atom is 0.509 e. The Morgan fingerprint density at radius 3 is 2.70 bits per heavy atom. The number of aliphatic hydroxyl groups is 1. The van der Waals surface area contributed by atoms with Crippen LogP contribution in [0.1, 0.15) is 13.8 Å². The Labute approximate surface area is 121 Å². The van der Waals surface area contributed by atoms with E-state index < -0.39 is 18.5 Å². The standard InChI is InChI=1S/C13H23O6P/c1-4-5-16-13(15)19-11-9(3)8(2)10(6-14)18-12(11)17-7-20/h4,8-12,14H,1,5-7,20H2,2-3H3/t8-,9-,10?,11?,12-/m0/s1. The molecule has 1 saturated heterocycles. The summed E-state index contributed by atoms with van der Waals surface area (Å²) in [7, 11) is 2.41. The van der Waals surface area contributed by atoms with Gasteiger partial charge in [0.1, 0.15) is 6.61 Å². The molecule has 0 aliphatic carbocycles. The molecule has 0 aromatic carbocycles. The SMILES string of the molecule is C=CCOC(=O)OC1[C@@H](OCP)OC(CO)[C@@H](C)[C@@H]1C. The fraction of sp³-hybridized carbons (Fsp3) is 0.769. The molecule has 20 heavy (non-hydrogen) atoms. The van der Waals surface area contributed by atoms with Crippen LogP contribution in [0, 0.1) is 11.8 Å². The Balaban J connectivity index is 2.72. The molecule has 1 heterocycles. The molecule has 0 aromatic rings. The summed E-state index contributed by atoms with van der Waals surface area (Å²) < 4.78 is 21.2. The molecule has 1 fully saturated rings. The Bertz CT molecular complexity index is 324. The van der Waals surface area contributed by atoms with Crippen molar-refractivity contribution in [2.75, 3.05) is 19.6 Å². The van der Waals surface area contributed by atoms with Crippen LogP contribution in [0.2, 0.25) is 0 Å². The summed E-state index contributed by atoms with van der Waals surface area (Å²) in [6.45, 7) is 7.32. The summed E-state index contributed by atoms with van der Waals surface area (Å²) >= 11 is 0. The van der Waals surface area contributed by atoms with Gasteiger partial charge < -0.3 is 24.1 Å². The fourth-order valence-corrected chi connectivity index (χ4v) is 2.32. The number of carbonyl (C=O) groups excluding carboxylic acids is 1. The van der Waals surface area contributed by atoms with E-state index in [9.17, 15) is 9.90 Å². The van der Waals surface area contributed by atoms with Crippen molar-refractivity contribution in [3.8, 4) is 0 Å². The molecular formula is C13H23O6P. The molecule has 1 rings (SSSR count). The predicted molar refractivity (Wildman–Crippen MR) is 76.2 cm³/mol. The van der Waals surface area contributed by atoms with E-state index in [-0.39, 0.29) is 31.2 Å². The first-order chi connectivity index (χ1) is 9.54. The van der Waals surface area contributed by atoms with E-state index in [1.54, 1.807) is 0 Å². The van der Waals surface area contributed by atoms with Crippen LogP contribution in [-0.2, 0) is 18.9 Å². The zero-order valence-electron chi connectivity index (χ0n) is 11.9. The van der Waals surface area contributed by atoms with E-state index in [1.807, 2.05) is 13.8 Å². The van der Waals surface area contributed by atoms with E-state index in [4.69, 9.17) is 18.9 Å². The van der Waals surface area contributed by atoms with Crippen LogP contribution in [0.25, 0.3) is 0 Å². The molecule has 0 radical (unpaired) electrons. The summed E-state index contributed by atoms with van der Waals surface area (Å²) in [6, 6.07) is 0. The maximum atomic E-state index is 11.6. The van der Waals surface area contributed by atoms with Gasteiger partial charge in [-0.25, -0.2) is 4.79 Å². The molecule has 116 valence electrons. The van der Waals surface area contributed by atoms with Gasteiger partial charge in [0.2, 0.25) is 0 Å². The maximum absolute atomic E-state index is 11.6. The zero-order valence-corrected chi connectivity index (χ0v) is 13.0. The fourth-order valence-electron chi connectivity index (χ4n) is 2.13. The van der Waals surface area contributed by atoms with Crippen LogP contribution in [0.3, 0.4) is 0 Å². The molecule has 0 saturated carbocycles. The number of aliphatic hydroxyl groups excluding tert-OH is 1. The molecule has 3 unspecified atom stereocenters. The van der Waals surface area contributed by atoms with Crippen molar-refractivity contribution in [3.63, 3.8) is 0 Å². The Kier molecular flexibility index (Phi) is 7.45. The summed E-state index contributed by atoms with van der Waals surface area (Å²) in [4.78, 5) is 11.6. The number of carbonyl (C=O) groups is 1. The monoisotopic (exact) mass is 306 g/mol. The minimum absolute atomic E-state index is 0.0290. The lowest BCUT2D eigenvalue weighted by molar-refractivity contribution is -0.270. The topological polar surface area (TPSA) is 74.2 Å². The van der Waals surface area contributed by atoms with E-state index in [0.29, 0.717) is 6.35 Å². The molecule has 1 aliphatic heterocycles. The van der Waals surface area contributed by atoms with Crippen molar-refractivity contribution in [1.82, 2.24) is 0 Å². The van der Waals surface area contributed by atoms with Gasteiger partial charge in [-0.2, -0.15) is 0 Å². The Morgan fingerprint density at radius 1 is 1.45 bits per heavy atom. The smallest absolute Gasteiger partial charge is 0.430 e. The van der Waals surface area contributed by atoms with Crippen LogP contribution >= 0.6 is 9.24 Å². The van der Waals surface area contributed by atoms with Crippen LogP contribution in [0.4, 0.5) is 4.79 Å². The Morgan fingerprint density at radius 2 is 2.15 bits per heavy atom. The largest absolute Gasteiger partial charge is 0.509 e. The molecule has 6 nitrogen and oxygen atoms in total. The van der Waals surface area contributed by atoms with Gasteiger partial charge in [-0.3, -0.25) is 0 Å². The molecule has 0 spiro atoms. The molecule has 0 aromatic heterocycles. The van der Waals surface area contributed by atoms with Crippen molar-refractivity contribution in [2.45, 2.75) is 32.3 Å². The van der Waals surface area contributed by atoms with E-state index >= 15 is 0 Å². The van der Waals surface area contributed by atoms with E-state index in [0.717, 1.165) is 0 Å². The van der Waals surface area contributed by atoms with Crippen LogP contribution in [0.5, 0.6) is 0 Å². The highest BCUT2D eigenvalue weighted by molar-refractivity contribution is 7.16. The minimum Gasteiger partial charge on any atom is -0.430 e. The zero-order chi connectivity index (χ0) is 15.1. The first kappa shape index (κ1) is 17.4. The number of hydrogen-bond donors (Lipinski definition) is 1. The molecule has 1 N–H and O–H groups in total. The van der Waals surface area contributed by atoms with Gasteiger partial charge in [0.15, 0.2) is 12.4 Å². The first-order valence-corrected chi connectivity index (χ1v) is 7.39. The predicted octanol–water partition coefficient (Wildman–Crippen LogP) is 1.53. The molecular weight excluding hydrogens is 283 g/mol. The number of hydrogen-bond acceptors (Lipinski definition) is 6. The highest BCUT2D eigenvalue weighted by Crippen LogP contribution is 2.33. The van der Waals surface area contributed by atoms with Gasteiger partial charge in [0.25, 0.3) is 0 Å². The average molecular weight is 306 g/mol. The second kappa shape index (κ2) is 8.57. The molecule has 1 aliphatic rings. The lowest BCUT2D eigenvalue weighted by Gasteiger charge is -2.42. The average Bonchev–Trinajstić information content (AvgIpc) is 2.44. The number of rotatable bonds is 6. The van der Waals surface area contributed by atoms with Gasteiger partial charge in [0, 0.05) is 5.92 Å². The minimum atomic E-state index is -0.780. The third-order valence-electron chi connectivity index (χ3n) is 3.50. The van der Waals surface area contributed by atoms with Crippen molar-refractivity contribution < 1.29 is 28.8 Å². The summed E-state index contributed by atoms with van der Waals surface area (Å²) in [5.74, 6) is 0.000273. The van der Waals surface area contributed by atoms with Crippen molar-refractivity contribution in [3.05, 3.63) is 12.7 Å². The highest BCUT2D eigenvalue weighted by atomic mass is 31.0. The molecule has 0 bridgehead atoms. The van der Waals surface area contributed by atoms with Crippen molar-refractivity contribution in [1.29, 1.82) is 0 Å². The highest BCUT2D eigenvalue weighted by Gasteiger charge is 2.44. The lowest BCUT2D eigenvalue weighted by atomic mass is 9.83. The third-order valence-corrected chi connectivity index (χ3v) is 3.70. The van der Waals surface area contributed by atoms with Gasteiger partial charge in [-0.05, 0) is 5.92 Å². The first-order valence-electron chi connectivity index (χ1n) is 6.57. The summed E-state index contributed by atoms with van der Waals surface area (Å²) in [5.41, 5.74) is 0. The summed E-state index contributed by atoms with van der Waals surface area (Å²) in [5, 5.41) is 9.32. The number of ether oxygens (including phenoxy) is 4. The van der Waals surface area contributed by atoms with Gasteiger partial charge in [-0.15, -0.1) is 9.24 Å². The van der Waals surface area contributed by atoms with Gasteiger partial charge in [-0.1, -0.05) is 26.5 Å². The summed E-state index contributed by atoms with van der Waals surface area (Å²) in [6.07, 6.45) is -0.611. The lowest BCUT2D eigenvalue weighted by Crippen LogP contribution is -2.53. The van der Waals surface area contributed by atoms with Crippen molar-refractivity contribution in [2.24, 2.45) is 11.8 Å². The molecule has 7 heteroatoms. The second-order valence-electron chi connectivity index (χ2n) is 4.71. The van der Waals surface area contributed by atoms with Gasteiger partial charge >= 0.3 is 6.16 Å². The van der Waals surface area contributed by atoms with Crippen molar-refractivity contribution >= 4 is 15.4 Å².